The van der Waals surface area contributed by atoms with Crippen LogP contribution in [0.2, 0.25) is 0 Å². The third kappa shape index (κ3) is 2.61. The molecule has 0 radical (unpaired) electrons. The second kappa shape index (κ2) is 6.14. The molecule has 2 heteroatoms. The number of benzene rings is 2. The summed E-state index contributed by atoms with van der Waals surface area (Å²) in [4.78, 5) is 25.1. The van der Waals surface area contributed by atoms with E-state index >= 15 is 0 Å². The molecule has 4 aliphatic rings. The van der Waals surface area contributed by atoms with Crippen molar-refractivity contribution >= 4 is 11.6 Å². The highest BCUT2D eigenvalue weighted by molar-refractivity contribution is 5.99. The van der Waals surface area contributed by atoms with Crippen LogP contribution in [0.25, 0.3) is 0 Å². The Morgan fingerprint density at radius 2 is 1.41 bits per heavy atom. The molecule has 0 saturated carbocycles. The van der Waals surface area contributed by atoms with E-state index in [2.05, 4.69) is 18.2 Å². The molecule has 29 heavy (non-hydrogen) atoms. The van der Waals surface area contributed by atoms with Crippen LogP contribution >= 0.6 is 0 Å². The van der Waals surface area contributed by atoms with Gasteiger partial charge >= 0.3 is 0 Å². The molecule has 2 nitrogen and oxygen atoms in total. The average molecular weight is 385 g/mol. The van der Waals surface area contributed by atoms with E-state index in [-0.39, 0.29) is 11.2 Å². The molecule has 0 aromatic heterocycles. The standard InChI is InChI=1S/C27H28O2/c1-16(28)26-22-7-3-2-5-17(22)10-21-14-27(15-24(21)26)12-19-9-18-6-4-8-25(29)23(18)11-20(19)13-27/h9-11H,2-8,12-15H2,1H3/t27-/m1/s1. The molecule has 148 valence electrons. The van der Waals surface area contributed by atoms with Crippen LogP contribution in [0.1, 0.15) is 92.3 Å². The highest BCUT2D eigenvalue weighted by atomic mass is 16.1. The zero-order valence-electron chi connectivity index (χ0n) is 17.3. The summed E-state index contributed by atoms with van der Waals surface area (Å²) in [5, 5.41) is 0. The van der Waals surface area contributed by atoms with Crippen LogP contribution in [0.5, 0.6) is 0 Å². The molecule has 0 aliphatic heterocycles. The Labute approximate surface area is 172 Å². The van der Waals surface area contributed by atoms with Crippen molar-refractivity contribution in [2.45, 2.75) is 77.6 Å². The SMILES string of the molecule is CC(=O)c1c2c(cc3c1C[C@@]1(Cc4cc5c(cc4C1)C(=O)CCC5)C3)CCCC2. The van der Waals surface area contributed by atoms with E-state index in [1.165, 1.54) is 51.8 Å². The topological polar surface area (TPSA) is 34.1 Å². The van der Waals surface area contributed by atoms with Gasteiger partial charge in [-0.3, -0.25) is 9.59 Å². The van der Waals surface area contributed by atoms with Crippen molar-refractivity contribution in [3.8, 4) is 0 Å². The summed E-state index contributed by atoms with van der Waals surface area (Å²) in [6.45, 7) is 1.76. The Hall–Kier alpha value is -2.22. The van der Waals surface area contributed by atoms with Gasteiger partial charge in [0.2, 0.25) is 0 Å². The van der Waals surface area contributed by atoms with Gasteiger partial charge in [-0.15, -0.1) is 0 Å². The first kappa shape index (κ1) is 17.6. The molecule has 1 spiro atoms. The highest BCUT2D eigenvalue weighted by Crippen LogP contribution is 2.50. The maximum absolute atomic E-state index is 12.7. The van der Waals surface area contributed by atoms with Crippen molar-refractivity contribution in [3.05, 3.63) is 68.3 Å². The fourth-order valence-corrected chi connectivity index (χ4v) is 6.87. The van der Waals surface area contributed by atoms with E-state index in [0.717, 1.165) is 62.5 Å². The number of carbonyl (C=O) groups is 2. The number of aryl methyl sites for hydroxylation is 2. The largest absolute Gasteiger partial charge is 0.294 e. The van der Waals surface area contributed by atoms with Gasteiger partial charge in [-0.05, 0) is 122 Å². The van der Waals surface area contributed by atoms with Crippen LogP contribution in [0.4, 0.5) is 0 Å². The van der Waals surface area contributed by atoms with Gasteiger partial charge in [-0.1, -0.05) is 12.1 Å². The lowest BCUT2D eigenvalue weighted by molar-refractivity contribution is 0.0970. The Morgan fingerprint density at radius 3 is 2.24 bits per heavy atom. The summed E-state index contributed by atoms with van der Waals surface area (Å²) in [5.41, 5.74) is 12.0. The first-order valence-corrected chi connectivity index (χ1v) is 11.4. The van der Waals surface area contributed by atoms with Crippen molar-refractivity contribution in [1.82, 2.24) is 0 Å². The molecule has 1 atom stereocenters. The van der Waals surface area contributed by atoms with Gasteiger partial charge in [0.25, 0.3) is 0 Å². The lowest BCUT2D eigenvalue weighted by atomic mass is 9.81. The van der Waals surface area contributed by atoms with Crippen LogP contribution in [0, 0.1) is 5.41 Å². The predicted molar refractivity (Wildman–Crippen MR) is 114 cm³/mol. The van der Waals surface area contributed by atoms with E-state index in [0.29, 0.717) is 12.2 Å². The normalized spacial score (nSPS) is 24.2. The molecule has 2 aromatic rings. The zero-order valence-corrected chi connectivity index (χ0v) is 17.3. The predicted octanol–water partition coefficient (Wildman–Crippen LogP) is 5.17. The third-order valence-corrected chi connectivity index (χ3v) is 8.03. The van der Waals surface area contributed by atoms with Crippen LogP contribution in [0.3, 0.4) is 0 Å². The Morgan fingerprint density at radius 1 is 0.724 bits per heavy atom. The molecule has 6 rings (SSSR count). The summed E-state index contributed by atoms with van der Waals surface area (Å²) in [7, 11) is 0. The van der Waals surface area contributed by atoms with Gasteiger partial charge in [-0.2, -0.15) is 0 Å². The molecule has 4 aliphatic carbocycles. The van der Waals surface area contributed by atoms with Crippen LogP contribution in [-0.2, 0) is 44.9 Å². The van der Waals surface area contributed by atoms with Crippen molar-refractivity contribution in [2.75, 3.05) is 0 Å². The smallest absolute Gasteiger partial charge is 0.163 e. The quantitative estimate of drug-likeness (QED) is 0.636. The summed E-state index contributed by atoms with van der Waals surface area (Å²) < 4.78 is 0. The van der Waals surface area contributed by atoms with E-state index in [1.807, 2.05) is 0 Å². The lowest BCUT2D eigenvalue weighted by Crippen LogP contribution is -2.21. The summed E-state index contributed by atoms with van der Waals surface area (Å²) >= 11 is 0. The minimum atomic E-state index is 0.214. The molecular weight excluding hydrogens is 356 g/mol. The molecule has 0 unspecified atom stereocenters. The first-order chi connectivity index (χ1) is 14.0. The molecule has 0 saturated heterocycles. The van der Waals surface area contributed by atoms with Gasteiger partial charge in [0.1, 0.15) is 0 Å². The van der Waals surface area contributed by atoms with E-state index in [4.69, 9.17) is 0 Å². The molecule has 0 bridgehead atoms. The maximum Gasteiger partial charge on any atom is 0.163 e. The van der Waals surface area contributed by atoms with Crippen molar-refractivity contribution in [1.29, 1.82) is 0 Å². The van der Waals surface area contributed by atoms with Crippen LogP contribution < -0.4 is 0 Å². The molecule has 2 aromatic carbocycles. The Kier molecular flexibility index (Phi) is 3.73. The molecular formula is C27H28O2. The minimum Gasteiger partial charge on any atom is -0.294 e. The number of rotatable bonds is 1. The monoisotopic (exact) mass is 384 g/mol. The van der Waals surface area contributed by atoms with E-state index in [9.17, 15) is 9.59 Å². The number of Topliss-reactive ketones (excluding diaryl/α,β-unsaturated/α-hetero) is 2. The number of hydrogen-bond acceptors (Lipinski definition) is 2. The van der Waals surface area contributed by atoms with Crippen LogP contribution in [0.15, 0.2) is 18.2 Å². The second-order valence-corrected chi connectivity index (χ2v) is 10.1. The number of hydrogen-bond donors (Lipinski definition) is 0. The number of fused-ring (bicyclic) bond motifs is 4. The number of ketones is 2. The summed E-state index contributed by atoms with van der Waals surface area (Å²) in [6, 6.07) is 7.01. The fraction of sp³-hybridized carbons (Fsp3) is 0.481. The maximum atomic E-state index is 12.7. The first-order valence-electron chi connectivity index (χ1n) is 11.4. The van der Waals surface area contributed by atoms with Crippen molar-refractivity contribution in [2.24, 2.45) is 5.41 Å². The van der Waals surface area contributed by atoms with Gasteiger partial charge in [0, 0.05) is 17.5 Å². The Balaban J connectivity index is 1.40. The molecule has 0 fully saturated rings. The second-order valence-electron chi connectivity index (χ2n) is 10.1. The van der Waals surface area contributed by atoms with Crippen molar-refractivity contribution in [3.63, 3.8) is 0 Å². The van der Waals surface area contributed by atoms with E-state index in [1.54, 1.807) is 6.92 Å². The lowest BCUT2D eigenvalue weighted by Gasteiger charge is -2.22. The Bertz CT molecular complexity index is 1090. The molecule has 0 heterocycles. The van der Waals surface area contributed by atoms with Gasteiger partial charge < -0.3 is 0 Å². The third-order valence-electron chi connectivity index (χ3n) is 8.03. The molecule has 0 N–H and O–H groups in total. The van der Waals surface area contributed by atoms with Gasteiger partial charge in [-0.25, -0.2) is 0 Å². The van der Waals surface area contributed by atoms with Crippen LogP contribution in [-0.4, -0.2) is 11.6 Å². The van der Waals surface area contributed by atoms with Gasteiger partial charge in [0.05, 0.1) is 0 Å². The molecule has 0 amide bonds. The summed E-state index contributed by atoms with van der Waals surface area (Å²) in [5.74, 6) is 0.588. The minimum absolute atomic E-state index is 0.214. The van der Waals surface area contributed by atoms with E-state index < -0.39 is 0 Å². The highest BCUT2D eigenvalue weighted by Gasteiger charge is 2.44. The van der Waals surface area contributed by atoms with Crippen molar-refractivity contribution < 1.29 is 9.59 Å². The number of carbonyl (C=O) groups excluding carboxylic acids is 2. The van der Waals surface area contributed by atoms with Gasteiger partial charge in [0.15, 0.2) is 11.6 Å². The summed E-state index contributed by atoms with van der Waals surface area (Å²) in [6.07, 6.45) is 11.7. The zero-order chi connectivity index (χ0) is 19.8. The average Bonchev–Trinajstić information content (AvgIpc) is 3.21. The fourth-order valence-electron chi connectivity index (χ4n) is 6.87.